The van der Waals surface area contributed by atoms with Gasteiger partial charge in [-0.1, -0.05) is 13.8 Å². The van der Waals surface area contributed by atoms with E-state index in [2.05, 4.69) is 0 Å². The van der Waals surface area contributed by atoms with Gasteiger partial charge in [-0.25, -0.2) is 4.79 Å². The number of hydrogen-bond donors (Lipinski definition) is 0. The Bertz CT molecular complexity index is 633. The van der Waals surface area contributed by atoms with Crippen LogP contribution in [0.3, 0.4) is 0 Å². The normalized spacial score (nSPS) is 31.7. The molecule has 5 heteroatoms. The lowest BCUT2D eigenvalue weighted by Gasteiger charge is -2.34. The fraction of sp³-hybridized carbons (Fsp3) is 0.529. The van der Waals surface area contributed by atoms with Crippen molar-refractivity contribution in [2.24, 2.45) is 10.8 Å². The number of rotatable bonds is 3. The van der Waals surface area contributed by atoms with Gasteiger partial charge in [0.05, 0.1) is 12.5 Å². The van der Waals surface area contributed by atoms with Crippen molar-refractivity contribution in [3.8, 4) is 11.5 Å². The Morgan fingerprint density at radius 1 is 1.09 bits per heavy atom. The van der Waals surface area contributed by atoms with E-state index in [1.807, 2.05) is 20.8 Å². The van der Waals surface area contributed by atoms with E-state index >= 15 is 0 Å². The first kappa shape index (κ1) is 14.9. The Kier molecular flexibility index (Phi) is 3.03. The summed E-state index contributed by atoms with van der Waals surface area (Å²) in [6.07, 6.45) is 1.13. The third kappa shape index (κ3) is 1.65. The van der Waals surface area contributed by atoms with E-state index in [1.54, 1.807) is 31.4 Å². The molecule has 5 nitrogen and oxygen atoms in total. The summed E-state index contributed by atoms with van der Waals surface area (Å²) in [6.45, 7) is 5.67. The lowest BCUT2D eigenvalue weighted by Crippen LogP contribution is -2.50. The van der Waals surface area contributed by atoms with Crippen LogP contribution >= 0.6 is 0 Å². The number of benzene rings is 1. The molecule has 22 heavy (non-hydrogen) atoms. The molecule has 0 amide bonds. The van der Waals surface area contributed by atoms with Crippen molar-refractivity contribution in [2.75, 3.05) is 7.11 Å². The molecule has 2 fully saturated rings. The minimum Gasteiger partial charge on any atom is -0.497 e. The van der Waals surface area contributed by atoms with Crippen LogP contribution in [0.1, 0.15) is 33.6 Å². The molecule has 2 bridgehead atoms. The summed E-state index contributed by atoms with van der Waals surface area (Å²) >= 11 is 0. The average molecular weight is 304 g/mol. The Hall–Kier alpha value is -2.04. The highest BCUT2D eigenvalue weighted by Crippen LogP contribution is 2.65. The molecular weight excluding hydrogens is 284 g/mol. The summed E-state index contributed by atoms with van der Waals surface area (Å²) in [4.78, 5) is 24.9. The van der Waals surface area contributed by atoms with Gasteiger partial charge in [0.25, 0.3) is 0 Å². The van der Waals surface area contributed by atoms with Gasteiger partial charge in [0.15, 0.2) is 0 Å². The van der Waals surface area contributed by atoms with Crippen LogP contribution in [-0.4, -0.2) is 24.6 Å². The number of hydrogen-bond acceptors (Lipinski definition) is 5. The predicted molar refractivity (Wildman–Crippen MR) is 78.6 cm³/mol. The molecule has 1 aliphatic heterocycles. The fourth-order valence-corrected chi connectivity index (χ4v) is 3.54. The maximum absolute atomic E-state index is 12.7. The summed E-state index contributed by atoms with van der Waals surface area (Å²) in [5.74, 6) is 0.277. The van der Waals surface area contributed by atoms with E-state index in [1.165, 1.54) is 0 Å². The van der Waals surface area contributed by atoms with Gasteiger partial charge in [-0.05, 0) is 44.0 Å². The molecule has 1 heterocycles. The van der Waals surface area contributed by atoms with E-state index in [0.29, 0.717) is 24.3 Å². The van der Waals surface area contributed by atoms with E-state index in [4.69, 9.17) is 14.2 Å². The second kappa shape index (κ2) is 4.48. The van der Waals surface area contributed by atoms with Crippen LogP contribution in [0.25, 0.3) is 0 Å². The molecule has 2 aliphatic rings. The lowest BCUT2D eigenvalue weighted by atomic mass is 9.66. The van der Waals surface area contributed by atoms with Gasteiger partial charge in [0.1, 0.15) is 11.5 Å². The average Bonchev–Trinajstić information content (AvgIpc) is 2.78. The molecule has 1 aromatic rings. The molecule has 2 atom stereocenters. The van der Waals surface area contributed by atoms with Crippen molar-refractivity contribution in [2.45, 2.75) is 39.2 Å². The standard InChI is InChI=1S/C17H20O5/c1-15(2)16(3)9-10-17(15,22-13(16)18)14(19)21-12-7-5-11(20-4)6-8-12/h5-8H,9-10H2,1-4H3/t16-,17+/m0/s1. The highest BCUT2D eigenvalue weighted by atomic mass is 16.6. The SMILES string of the molecule is COc1ccc(OC(=O)[C@@]23CC[C@@](C)(C(=O)O2)C3(C)C)cc1. The summed E-state index contributed by atoms with van der Waals surface area (Å²) < 4.78 is 16.1. The molecule has 1 aliphatic carbocycles. The number of methoxy groups -OCH3 is 1. The maximum Gasteiger partial charge on any atom is 0.356 e. The molecule has 0 N–H and O–H groups in total. The second-order valence-electron chi connectivity index (χ2n) is 6.74. The maximum atomic E-state index is 12.7. The summed E-state index contributed by atoms with van der Waals surface area (Å²) in [6, 6.07) is 6.74. The first-order chi connectivity index (χ1) is 10.3. The molecule has 3 rings (SSSR count). The summed E-state index contributed by atoms with van der Waals surface area (Å²) in [5, 5.41) is 0. The molecule has 118 valence electrons. The number of carbonyl (C=O) groups excluding carboxylic acids is 2. The zero-order valence-corrected chi connectivity index (χ0v) is 13.3. The van der Waals surface area contributed by atoms with Gasteiger partial charge < -0.3 is 14.2 Å². The highest BCUT2D eigenvalue weighted by molar-refractivity contribution is 5.94. The van der Waals surface area contributed by atoms with Gasteiger partial charge >= 0.3 is 11.9 Å². The van der Waals surface area contributed by atoms with Gasteiger partial charge in [0, 0.05) is 5.41 Å². The predicted octanol–water partition coefficient (Wildman–Crippen LogP) is 2.72. The van der Waals surface area contributed by atoms with Crippen molar-refractivity contribution < 1.29 is 23.8 Å². The van der Waals surface area contributed by atoms with Crippen LogP contribution < -0.4 is 9.47 Å². The lowest BCUT2D eigenvalue weighted by molar-refractivity contribution is -0.176. The first-order valence-electron chi connectivity index (χ1n) is 7.37. The monoisotopic (exact) mass is 304 g/mol. The quantitative estimate of drug-likeness (QED) is 0.634. The molecule has 1 saturated heterocycles. The Morgan fingerprint density at radius 3 is 2.14 bits per heavy atom. The van der Waals surface area contributed by atoms with Gasteiger partial charge in [-0.3, -0.25) is 4.79 Å². The molecule has 1 aromatic carbocycles. The van der Waals surface area contributed by atoms with Crippen LogP contribution in [0.15, 0.2) is 24.3 Å². The fourth-order valence-electron chi connectivity index (χ4n) is 3.54. The van der Waals surface area contributed by atoms with E-state index in [-0.39, 0.29) is 5.97 Å². The minimum absolute atomic E-state index is 0.310. The molecule has 0 aromatic heterocycles. The summed E-state index contributed by atoms with van der Waals surface area (Å²) in [7, 11) is 1.57. The zero-order chi connectivity index (χ0) is 16.2. The van der Waals surface area contributed by atoms with Gasteiger partial charge in [0.2, 0.25) is 5.60 Å². The van der Waals surface area contributed by atoms with E-state index in [9.17, 15) is 9.59 Å². The van der Waals surface area contributed by atoms with Gasteiger partial charge in [-0.15, -0.1) is 0 Å². The molecule has 1 saturated carbocycles. The zero-order valence-electron chi connectivity index (χ0n) is 13.3. The highest BCUT2D eigenvalue weighted by Gasteiger charge is 2.76. The number of esters is 2. The van der Waals surface area contributed by atoms with E-state index in [0.717, 1.165) is 0 Å². The largest absolute Gasteiger partial charge is 0.497 e. The van der Waals surface area contributed by atoms with Crippen molar-refractivity contribution in [1.29, 1.82) is 0 Å². The molecule has 0 unspecified atom stereocenters. The third-order valence-electron chi connectivity index (χ3n) is 5.68. The Morgan fingerprint density at radius 2 is 1.68 bits per heavy atom. The van der Waals surface area contributed by atoms with Crippen molar-refractivity contribution in [3.63, 3.8) is 0 Å². The van der Waals surface area contributed by atoms with Crippen LogP contribution in [-0.2, 0) is 14.3 Å². The molecular formula is C17H20O5. The van der Waals surface area contributed by atoms with Crippen LogP contribution in [0, 0.1) is 10.8 Å². The molecule has 0 radical (unpaired) electrons. The van der Waals surface area contributed by atoms with Crippen LogP contribution in [0.4, 0.5) is 0 Å². The number of fused-ring (bicyclic) bond motifs is 2. The third-order valence-corrected chi connectivity index (χ3v) is 5.68. The topological polar surface area (TPSA) is 61.8 Å². The minimum atomic E-state index is -1.20. The van der Waals surface area contributed by atoms with Crippen molar-refractivity contribution in [1.82, 2.24) is 0 Å². The summed E-state index contributed by atoms with van der Waals surface area (Å²) in [5.41, 5.74) is -2.43. The number of ether oxygens (including phenoxy) is 3. The van der Waals surface area contributed by atoms with E-state index < -0.39 is 22.4 Å². The van der Waals surface area contributed by atoms with Gasteiger partial charge in [-0.2, -0.15) is 0 Å². The second-order valence-corrected chi connectivity index (χ2v) is 6.74. The van der Waals surface area contributed by atoms with Crippen LogP contribution in [0.2, 0.25) is 0 Å². The Labute approximate surface area is 129 Å². The smallest absolute Gasteiger partial charge is 0.356 e. The first-order valence-corrected chi connectivity index (χ1v) is 7.37. The Balaban J connectivity index is 1.87. The molecule has 0 spiro atoms. The van der Waals surface area contributed by atoms with Crippen molar-refractivity contribution >= 4 is 11.9 Å². The van der Waals surface area contributed by atoms with Crippen LogP contribution in [0.5, 0.6) is 11.5 Å². The van der Waals surface area contributed by atoms with Crippen molar-refractivity contribution in [3.05, 3.63) is 24.3 Å². The number of carbonyl (C=O) groups is 2.